The summed E-state index contributed by atoms with van der Waals surface area (Å²) in [6.45, 7) is 7.33. The van der Waals surface area contributed by atoms with Crippen LogP contribution in [-0.4, -0.2) is 54.0 Å². The zero-order valence-electron chi connectivity index (χ0n) is 19.9. The molecule has 0 spiro atoms. The third kappa shape index (κ3) is 5.14. The summed E-state index contributed by atoms with van der Waals surface area (Å²) in [6.07, 6.45) is 0.519. The average Bonchev–Trinajstić information content (AvgIpc) is 3.01. The largest absolute Gasteiger partial charge is 0.352 e. The van der Waals surface area contributed by atoms with E-state index in [1.165, 1.54) is 17.0 Å². The Kier molecular flexibility index (Phi) is 7.76. The second kappa shape index (κ2) is 10.4. The maximum atomic E-state index is 13.3. The zero-order chi connectivity index (χ0) is 25.0. The number of amides is 3. The molecule has 3 rings (SSSR count). The summed E-state index contributed by atoms with van der Waals surface area (Å²) in [5.41, 5.74) is 1.96. The van der Waals surface area contributed by atoms with Gasteiger partial charge in [0.15, 0.2) is 0 Å². The first-order valence-corrected chi connectivity index (χ1v) is 12.8. The van der Waals surface area contributed by atoms with Gasteiger partial charge >= 0.3 is 0 Å². The molecular formula is C25H31N3O5S. The van der Waals surface area contributed by atoms with Gasteiger partial charge in [-0.15, -0.1) is 0 Å². The van der Waals surface area contributed by atoms with Crippen LogP contribution in [0.5, 0.6) is 0 Å². The third-order valence-corrected chi connectivity index (χ3v) is 8.05. The minimum Gasteiger partial charge on any atom is -0.352 e. The first-order chi connectivity index (χ1) is 16.1. The fourth-order valence-corrected chi connectivity index (χ4v) is 5.38. The molecule has 2 aromatic rings. The molecule has 0 bridgehead atoms. The molecule has 1 heterocycles. The monoisotopic (exact) mass is 485 g/mol. The van der Waals surface area contributed by atoms with Crippen molar-refractivity contribution in [2.45, 2.75) is 64.1 Å². The van der Waals surface area contributed by atoms with Gasteiger partial charge in [0.05, 0.1) is 5.56 Å². The van der Waals surface area contributed by atoms with Crippen LogP contribution in [0.1, 0.15) is 55.1 Å². The van der Waals surface area contributed by atoms with Crippen molar-refractivity contribution >= 4 is 27.7 Å². The fourth-order valence-electron chi connectivity index (χ4n) is 3.81. The number of rotatable bonds is 9. The standard InChI is InChI=1S/C25H31N3O5S/c1-5-18(3)26-24(30)19(4)27(16-20-11-7-6-10-17(20)2)23(29)14-15-28-25(31)21-12-8-9-13-22(21)34(28,32)33/h6-13,18-19H,5,14-16H2,1-4H3,(H,26,30). The van der Waals surface area contributed by atoms with Crippen LogP contribution in [0.25, 0.3) is 0 Å². The second-order valence-electron chi connectivity index (χ2n) is 8.57. The van der Waals surface area contributed by atoms with E-state index in [0.717, 1.165) is 21.9 Å². The Bertz CT molecular complexity index is 1190. The van der Waals surface area contributed by atoms with Crippen molar-refractivity contribution < 1.29 is 22.8 Å². The predicted octanol–water partition coefficient (Wildman–Crippen LogP) is 2.86. The van der Waals surface area contributed by atoms with Crippen molar-refractivity contribution in [3.05, 3.63) is 65.2 Å². The van der Waals surface area contributed by atoms with Crippen LogP contribution in [0.3, 0.4) is 0 Å². The Morgan fingerprint density at radius 3 is 2.35 bits per heavy atom. The molecule has 2 unspecified atom stereocenters. The summed E-state index contributed by atoms with van der Waals surface area (Å²) in [5, 5.41) is 2.90. The first-order valence-electron chi connectivity index (χ1n) is 11.4. The molecule has 8 nitrogen and oxygen atoms in total. The van der Waals surface area contributed by atoms with Gasteiger partial charge < -0.3 is 10.2 Å². The van der Waals surface area contributed by atoms with Gasteiger partial charge in [0, 0.05) is 25.6 Å². The van der Waals surface area contributed by atoms with E-state index >= 15 is 0 Å². The average molecular weight is 486 g/mol. The highest BCUT2D eigenvalue weighted by Crippen LogP contribution is 2.30. The molecule has 1 aliphatic heterocycles. The maximum Gasteiger partial charge on any atom is 0.269 e. The molecule has 3 amide bonds. The second-order valence-corrected chi connectivity index (χ2v) is 10.4. The Morgan fingerprint density at radius 2 is 1.71 bits per heavy atom. The highest BCUT2D eigenvalue weighted by molar-refractivity contribution is 7.90. The van der Waals surface area contributed by atoms with Crippen LogP contribution in [-0.2, 0) is 26.2 Å². The van der Waals surface area contributed by atoms with Crippen LogP contribution in [0.2, 0.25) is 0 Å². The quantitative estimate of drug-likeness (QED) is 0.588. The van der Waals surface area contributed by atoms with Gasteiger partial charge in [-0.25, -0.2) is 12.7 Å². The number of nitrogens with zero attached hydrogens (tertiary/aromatic N) is 2. The molecule has 0 saturated carbocycles. The van der Waals surface area contributed by atoms with E-state index in [1.54, 1.807) is 19.1 Å². The number of carbonyl (C=O) groups excluding carboxylic acids is 3. The van der Waals surface area contributed by atoms with Gasteiger partial charge in [-0.2, -0.15) is 0 Å². The molecule has 182 valence electrons. The molecule has 9 heteroatoms. The number of aryl methyl sites for hydroxylation is 1. The SMILES string of the molecule is CCC(C)NC(=O)C(C)N(Cc1ccccc1C)C(=O)CCN1C(=O)c2ccccc2S1(=O)=O. The van der Waals surface area contributed by atoms with Crippen molar-refractivity contribution in [1.29, 1.82) is 0 Å². The van der Waals surface area contributed by atoms with E-state index in [2.05, 4.69) is 5.32 Å². The van der Waals surface area contributed by atoms with Crippen LogP contribution in [0, 0.1) is 6.92 Å². The number of nitrogens with one attached hydrogen (secondary N) is 1. The summed E-state index contributed by atoms with van der Waals surface area (Å²) >= 11 is 0. The highest BCUT2D eigenvalue weighted by atomic mass is 32.2. The van der Waals surface area contributed by atoms with Crippen molar-refractivity contribution in [2.75, 3.05) is 6.54 Å². The molecule has 0 aliphatic carbocycles. The van der Waals surface area contributed by atoms with E-state index in [9.17, 15) is 22.8 Å². The first kappa shape index (κ1) is 25.4. The number of hydrogen-bond acceptors (Lipinski definition) is 5. The highest BCUT2D eigenvalue weighted by Gasteiger charge is 2.41. The lowest BCUT2D eigenvalue weighted by Gasteiger charge is -2.30. The molecule has 1 N–H and O–H groups in total. The number of sulfonamides is 1. The van der Waals surface area contributed by atoms with Gasteiger partial charge in [0.2, 0.25) is 11.8 Å². The minimum atomic E-state index is -4.00. The number of fused-ring (bicyclic) bond motifs is 1. The lowest BCUT2D eigenvalue weighted by Crippen LogP contribution is -2.50. The number of benzene rings is 2. The van der Waals surface area contributed by atoms with Crippen molar-refractivity contribution in [3.63, 3.8) is 0 Å². The van der Waals surface area contributed by atoms with Gasteiger partial charge in [-0.1, -0.05) is 43.3 Å². The molecule has 0 saturated heterocycles. The van der Waals surface area contributed by atoms with Crippen molar-refractivity contribution in [1.82, 2.24) is 14.5 Å². The van der Waals surface area contributed by atoms with Crippen LogP contribution in [0.15, 0.2) is 53.4 Å². The summed E-state index contributed by atoms with van der Waals surface area (Å²) in [4.78, 5) is 40.2. The molecule has 0 radical (unpaired) electrons. The molecule has 0 fully saturated rings. The van der Waals surface area contributed by atoms with Gasteiger partial charge in [0.1, 0.15) is 10.9 Å². The van der Waals surface area contributed by atoms with E-state index < -0.39 is 27.9 Å². The van der Waals surface area contributed by atoms with E-state index in [-0.39, 0.29) is 41.9 Å². The van der Waals surface area contributed by atoms with E-state index in [0.29, 0.717) is 0 Å². The van der Waals surface area contributed by atoms with Gasteiger partial charge in [-0.3, -0.25) is 14.4 Å². The summed E-state index contributed by atoms with van der Waals surface area (Å²) in [6, 6.07) is 12.8. The molecule has 1 aliphatic rings. The Hall–Kier alpha value is -3.20. The topological polar surface area (TPSA) is 104 Å². The lowest BCUT2D eigenvalue weighted by atomic mass is 10.1. The van der Waals surface area contributed by atoms with Gasteiger partial charge in [0.25, 0.3) is 15.9 Å². The lowest BCUT2D eigenvalue weighted by molar-refractivity contribution is -0.140. The van der Waals surface area contributed by atoms with Crippen LogP contribution in [0.4, 0.5) is 0 Å². The Balaban J connectivity index is 1.80. The Labute approximate surface area is 201 Å². The molecule has 34 heavy (non-hydrogen) atoms. The predicted molar refractivity (Wildman–Crippen MR) is 128 cm³/mol. The number of carbonyl (C=O) groups is 3. The zero-order valence-corrected chi connectivity index (χ0v) is 20.8. The Morgan fingerprint density at radius 1 is 1.06 bits per heavy atom. The summed E-state index contributed by atoms with van der Waals surface area (Å²) < 4.78 is 26.4. The third-order valence-electron chi connectivity index (χ3n) is 6.21. The smallest absolute Gasteiger partial charge is 0.269 e. The summed E-state index contributed by atoms with van der Waals surface area (Å²) in [7, 11) is -4.00. The summed E-state index contributed by atoms with van der Waals surface area (Å²) in [5.74, 6) is -1.33. The molecule has 0 aromatic heterocycles. The molecular weight excluding hydrogens is 454 g/mol. The van der Waals surface area contributed by atoms with Crippen LogP contribution < -0.4 is 5.32 Å². The van der Waals surface area contributed by atoms with Crippen molar-refractivity contribution in [2.24, 2.45) is 0 Å². The molecule has 2 atom stereocenters. The minimum absolute atomic E-state index is 0.0452. The van der Waals surface area contributed by atoms with E-state index in [1.807, 2.05) is 45.0 Å². The van der Waals surface area contributed by atoms with Gasteiger partial charge in [-0.05, 0) is 50.5 Å². The maximum absolute atomic E-state index is 13.3. The van der Waals surface area contributed by atoms with E-state index in [4.69, 9.17) is 0 Å². The van der Waals surface area contributed by atoms with Crippen LogP contribution >= 0.6 is 0 Å². The molecule has 2 aromatic carbocycles. The number of hydrogen-bond donors (Lipinski definition) is 1. The van der Waals surface area contributed by atoms with Crippen molar-refractivity contribution in [3.8, 4) is 0 Å². The fraction of sp³-hybridized carbons (Fsp3) is 0.400. The normalized spacial score (nSPS) is 16.0.